The number of hydrogen-bond acceptors (Lipinski definition) is 3. The first-order chi connectivity index (χ1) is 7.93. The van der Waals surface area contributed by atoms with Gasteiger partial charge < -0.3 is 9.47 Å². The van der Waals surface area contributed by atoms with Crippen LogP contribution in [0, 0.1) is 0 Å². The molecule has 0 aromatic rings. The van der Waals surface area contributed by atoms with Crippen LogP contribution in [-0.2, 0) is 9.47 Å². The van der Waals surface area contributed by atoms with E-state index in [9.17, 15) is 0 Å². The van der Waals surface area contributed by atoms with Crippen molar-refractivity contribution in [3.05, 3.63) is 0 Å². The summed E-state index contributed by atoms with van der Waals surface area (Å²) in [6.45, 7) is 16.7. The summed E-state index contributed by atoms with van der Waals surface area (Å²) in [4.78, 5) is 2.23. The summed E-state index contributed by atoms with van der Waals surface area (Å²) in [6, 6.07) is 0. The summed E-state index contributed by atoms with van der Waals surface area (Å²) in [5, 5.41) is 0. The smallest absolute Gasteiger partial charge is 0.227 e. The maximum atomic E-state index is 6.11. The van der Waals surface area contributed by atoms with Gasteiger partial charge in [-0.25, -0.2) is 0 Å². The molecule has 104 valence electrons. The van der Waals surface area contributed by atoms with E-state index in [0.717, 1.165) is 25.9 Å². The van der Waals surface area contributed by atoms with Crippen molar-refractivity contribution in [2.75, 3.05) is 13.1 Å². The lowest BCUT2D eigenvalue weighted by molar-refractivity contribution is -0.335. The summed E-state index contributed by atoms with van der Waals surface area (Å²) in [7, 11) is 0. The Kier molecular flexibility index (Phi) is 8.01. The third kappa shape index (κ3) is 5.36. The lowest BCUT2D eigenvalue weighted by Crippen LogP contribution is -2.53. The van der Waals surface area contributed by atoms with Crippen molar-refractivity contribution in [3.8, 4) is 0 Å². The minimum Gasteiger partial charge on any atom is -0.334 e. The van der Waals surface area contributed by atoms with Crippen LogP contribution in [-0.4, -0.2) is 36.1 Å². The molecule has 3 heteroatoms. The Morgan fingerprint density at radius 1 is 0.882 bits per heavy atom. The first kappa shape index (κ1) is 16.9. The van der Waals surface area contributed by atoms with Gasteiger partial charge in [-0.05, 0) is 26.7 Å². The van der Waals surface area contributed by atoms with E-state index in [1.165, 1.54) is 0 Å². The maximum absolute atomic E-state index is 6.11. The SMILES string of the molecule is CCC(C)OC(C)(OC(C)CC)N(CC)CC. The highest BCUT2D eigenvalue weighted by molar-refractivity contribution is 4.69. The molecule has 17 heavy (non-hydrogen) atoms. The molecule has 0 saturated heterocycles. The summed E-state index contributed by atoms with van der Waals surface area (Å²) < 4.78 is 12.2. The third-order valence-corrected chi connectivity index (χ3v) is 3.33. The van der Waals surface area contributed by atoms with Crippen LogP contribution in [0.15, 0.2) is 0 Å². The van der Waals surface area contributed by atoms with E-state index in [-0.39, 0.29) is 12.2 Å². The number of rotatable bonds is 9. The van der Waals surface area contributed by atoms with Crippen LogP contribution < -0.4 is 0 Å². The highest BCUT2D eigenvalue weighted by Gasteiger charge is 2.35. The first-order valence-electron chi connectivity index (χ1n) is 7.04. The fourth-order valence-electron chi connectivity index (χ4n) is 1.89. The van der Waals surface area contributed by atoms with Crippen molar-refractivity contribution >= 4 is 0 Å². The quantitative estimate of drug-likeness (QED) is 0.579. The molecule has 0 fully saturated rings. The van der Waals surface area contributed by atoms with Crippen molar-refractivity contribution < 1.29 is 9.47 Å². The zero-order chi connectivity index (χ0) is 13.5. The van der Waals surface area contributed by atoms with E-state index in [2.05, 4.69) is 46.4 Å². The van der Waals surface area contributed by atoms with Gasteiger partial charge >= 0.3 is 0 Å². The van der Waals surface area contributed by atoms with Gasteiger partial charge in [-0.15, -0.1) is 0 Å². The van der Waals surface area contributed by atoms with Gasteiger partial charge in [0.25, 0.3) is 0 Å². The Bertz CT molecular complexity index is 181. The highest BCUT2D eigenvalue weighted by atomic mass is 16.7. The molecular formula is C14H31NO2. The van der Waals surface area contributed by atoms with E-state index in [1.54, 1.807) is 0 Å². The topological polar surface area (TPSA) is 21.7 Å². The molecule has 0 bridgehead atoms. The normalized spacial score (nSPS) is 19.1. The molecule has 2 atom stereocenters. The maximum Gasteiger partial charge on any atom is 0.227 e. The van der Waals surface area contributed by atoms with Gasteiger partial charge in [0.1, 0.15) is 0 Å². The molecule has 0 aliphatic heterocycles. The second-order valence-corrected chi connectivity index (χ2v) is 4.74. The molecule has 3 nitrogen and oxygen atoms in total. The lowest BCUT2D eigenvalue weighted by atomic mass is 10.3. The highest BCUT2D eigenvalue weighted by Crippen LogP contribution is 2.24. The van der Waals surface area contributed by atoms with Crippen LogP contribution in [0.1, 0.15) is 61.3 Å². The van der Waals surface area contributed by atoms with Crippen molar-refractivity contribution in [2.45, 2.75) is 79.4 Å². The van der Waals surface area contributed by atoms with E-state index >= 15 is 0 Å². The summed E-state index contributed by atoms with van der Waals surface area (Å²) in [6.07, 6.45) is 2.43. The van der Waals surface area contributed by atoms with E-state index < -0.39 is 5.91 Å². The van der Waals surface area contributed by atoms with Crippen LogP contribution in [0.2, 0.25) is 0 Å². The average molecular weight is 245 g/mol. The van der Waals surface area contributed by atoms with Gasteiger partial charge in [-0.3, -0.25) is 4.90 Å². The number of ether oxygens (including phenoxy) is 2. The lowest BCUT2D eigenvalue weighted by Gasteiger charge is -2.42. The van der Waals surface area contributed by atoms with Crippen molar-refractivity contribution in [1.82, 2.24) is 4.90 Å². The first-order valence-corrected chi connectivity index (χ1v) is 7.04. The van der Waals surface area contributed by atoms with Gasteiger partial charge in [0.05, 0.1) is 12.2 Å². The average Bonchev–Trinajstić information content (AvgIpc) is 2.29. The zero-order valence-electron chi connectivity index (χ0n) is 12.7. The largest absolute Gasteiger partial charge is 0.334 e. The van der Waals surface area contributed by atoms with Crippen LogP contribution in [0.3, 0.4) is 0 Å². The molecule has 0 heterocycles. The Morgan fingerprint density at radius 3 is 1.47 bits per heavy atom. The number of nitrogens with zero attached hydrogens (tertiary/aromatic N) is 1. The standard InChI is InChI=1S/C14H31NO2/c1-8-12(5)16-14(7,15(10-3)11-4)17-13(6)9-2/h12-13H,8-11H2,1-7H3. The Morgan fingerprint density at radius 2 is 1.24 bits per heavy atom. The Labute approximate surface area is 107 Å². The monoisotopic (exact) mass is 245 g/mol. The molecule has 0 saturated carbocycles. The van der Waals surface area contributed by atoms with Crippen LogP contribution in [0.25, 0.3) is 0 Å². The van der Waals surface area contributed by atoms with Crippen molar-refractivity contribution in [1.29, 1.82) is 0 Å². The summed E-state index contributed by atoms with van der Waals surface area (Å²) in [5.41, 5.74) is 0. The molecule has 0 radical (unpaired) electrons. The van der Waals surface area contributed by atoms with Gasteiger partial charge in [0, 0.05) is 20.0 Å². The van der Waals surface area contributed by atoms with Crippen LogP contribution >= 0.6 is 0 Å². The molecule has 2 unspecified atom stereocenters. The predicted molar refractivity (Wildman–Crippen MR) is 73.0 cm³/mol. The zero-order valence-corrected chi connectivity index (χ0v) is 12.7. The van der Waals surface area contributed by atoms with Gasteiger partial charge in [0.15, 0.2) is 0 Å². The number of hydrogen-bond donors (Lipinski definition) is 0. The molecule has 0 amide bonds. The van der Waals surface area contributed by atoms with Gasteiger partial charge in [-0.2, -0.15) is 0 Å². The second kappa shape index (κ2) is 8.06. The predicted octanol–water partition coefficient (Wildman–Crippen LogP) is 3.63. The van der Waals surface area contributed by atoms with E-state index in [0.29, 0.717) is 0 Å². The fraction of sp³-hybridized carbons (Fsp3) is 1.00. The molecule has 0 aromatic heterocycles. The molecule has 0 rings (SSSR count). The molecule has 0 N–H and O–H groups in total. The third-order valence-electron chi connectivity index (χ3n) is 3.33. The molecular weight excluding hydrogens is 214 g/mol. The van der Waals surface area contributed by atoms with Crippen molar-refractivity contribution in [2.24, 2.45) is 0 Å². The minimum absolute atomic E-state index is 0.213. The van der Waals surface area contributed by atoms with Gasteiger partial charge in [-0.1, -0.05) is 27.7 Å². The molecule has 0 spiro atoms. The molecule has 0 aromatic carbocycles. The van der Waals surface area contributed by atoms with Crippen LogP contribution in [0.4, 0.5) is 0 Å². The molecule has 0 aliphatic rings. The fourth-order valence-corrected chi connectivity index (χ4v) is 1.89. The second-order valence-electron chi connectivity index (χ2n) is 4.74. The van der Waals surface area contributed by atoms with E-state index in [1.807, 2.05) is 6.92 Å². The molecule has 0 aliphatic carbocycles. The Balaban J connectivity index is 4.77. The van der Waals surface area contributed by atoms with Gasteiger partial charge in [0.2, 0.25) is 5.91 Å². The minimum atomic E-state index is -0.603. The van der Waals surface area contributed by atoms with E-state index in [4.69, 9.17) is 9.47 Å². The Hall–Kier alpha value is -0.120. The summed E-state index contributed by atoms with van der Waals surface area (Å²) in [5.74, 6) is -0.603. The summed E-state index contributed by atoms with van der Waals surface area (Å²) >= 11 is 0. The van der Waals surface area contributed by atoms with Crippen molar-refractivity contribution in [3.63, 3.8) is 0 Å². The van der Waals surface area contributed by atoms with Crippen LogP contribution in [0.5, 0.6) is 0 Å².